The number of halogens is 1. The van der Waals surface area contributed by atoms with Crippen molar-refractivity contribution in [2.45, 2.75) is 6.04 Å². The van der Waals surface area contributed by atoms with Crippen molar-refractivity contribution in [3.63, 3.8) is 0 Å². The van der Waals surface area contributed by atoms with Gasteiger partial charge in [0.2, 0.25) is 0 Å². The van der Waals surface area contributed by atoms with Crippen LogP contribution in [0, 0.1) is 5.82 Å². The fourth-order valence-electron chi connectivity index (χ4n) is 1.51. The molecule has 1 aliphatic heterocycles. The number of hydrogen-bond donors (Lipinski definition) is 2. The molecule has 4 nitrogen and oxygen atoms in total. The number of nitrogens with zero attached hydrogens (tertiary/aromatic N) is 2. The molecule has 2 rings (SSSR count). The number of hydrogen-bond acceptors (Lipinski definition) is 4. The summed E-state index contributed by atoms with van der Waals surface area (Å²) in [7, 11) is 1.88. The van der Waals surface area contributed by atoms with Crippen LogP contribution in [0.25, 0.3) is 0 Å². The van der Waals surface area contributed by atoms with Gasteiger partial charge in [-0.3, -0.25) is 5.01 Å². The van der Waals surface area contributed by atoms with Gasteiger partial charge >= 0.3 is 0 Å². The monoisotopic (exact) mass is 208 g/mol. The first-order chi connectivity index (χ1) is 7.15. The SMILES string of the molecule is CN1CC(Nc2cc(F)ccc2N)C=N1. The molecular weight excluding hydrogens is 195 g/mol. The van der Waals surface area contributed by atoms with Gasteiger partial charge in [-0.15, -0.1) is 0 Å². The zero-order valence-electron chi connectivity index (χ0n) is 8.44. The summed E-state index contributed by atoms with van der Waals surface area (Å²) in [4.78, 5) is 0. The second-order valence-electron chi connectivity index (χ2n) is 3.59. The molecule has 0 fully saturated rings. The van der Waals surface area contributed by atoms with Crippen LogP contribution in [0.4, 0.5) is 15.8 Å². The average molecular weight is 208 g/mol. The van der Waals surface area contributed by atoms with Crippen molar-refractivity contribution in [1.82, 2.24) is 5.01 Å². The summed E-state index contributed by atoms with van der Waals surface area (Å²) in [6, 6.07) is 4.36. The van der Waals surface area contributed by atoms with E-state index < -0.39 is 0 Å². The highest BCUT2D eigenvalue weighted by atomic mass is 19.1. The molecular formula is C10H13FN4. The van der Waals surface area contributed by atoms with E-state index in [1.54, 1.807) is 12.3 Å². The maximum atomic E-state index is 13.0. The number of anilines is 2. The van der Waals surface area contributed by atoms with Crippen LogP contribution in [-0.2, 0) is 0 Å². The Morgan fingerprint density at radius 3 is 3.07 bits per heavy atom. The van der Waals surface area contributed by atoms with Crippen LogP contribution < -0.4 is 11.1 Å². The predicted octanol–water partition coefficient (Wildman–Crippen LogP) is 1.12. The van der Waals surface area contributed by atoms with Gasteiger partial charge in [0.25, 0.3) is 0 Å². The molecule has 1 unspecified atom stereocenters. The number of likely N-dealkylation sites (N-methyl/N-ethyl adjacent to an activating group) is 1. The smallest absolute Gasteiger partial charge is 0.125 e. The molecule has 1 aliphatic rings. The van der Waals surface area contributed by atoms with Crippen LogP contribution in [0.2, 0.25) is 0 Å². The van der Waals surface area contributed by atoms with E-state index in [1.165, 1.54) is 12.1 Å². The Hall–Kier alpha value is -1.78. The minimum absolute atomic E-state index is 0.0825. The van der Waals surface area contributed by atoms with E-state index in [-0.39, 0.29) is 11.9 Å². The maximum Gasteiger partial charge on any atom is 0.125 e. The Bertz CT molecular complexity index is 391. The van der Waals surface area contributed by atoms with Crippen molar-refractivity contribution < 1.29 is 4.39 Å². The number of hydrazone groups is 1. The fraction of sp³-hybridized carbons (Fsp3) is 0.300. The van der Waals surface area contributed by atoms with E-state index in [2.05, 4.69) is 10.4 Å². The standard InChI is InChI=1S/C10H13FN4/c1-15-6-8(5-13-15)14-10-4-7(11)2-3-9(10)12/h2-5,8,14H,6,12H2,1H3. The van der Waals surface area contributed by atoms with Gasteiger partial charge in [-0.25, -0.2) is 4.39 Å². The van der Waals surface area contributed by atoms with Crippen LogP contribution in [0.5, 0.6) is 0 Å². The predicted molar refractivity (Wildman–Crippen MR) is 59.3 cm³/mol. The Labute approximate surface area is 87.6 Å². The van der Waals surface area contributed by atoms with E-state index >= 15 is 0 Å². The van der Waals surface area contributed by atoms with E-state index in [4.69, 9.17) is 5.73 Å². The quantitative estimate of drug-likeness (QED) is 0.716. The number of nitrogen functional groups attached to an aromatic ring is 1. The highest BCUT2D eigenvalue weighted by molar-refractivity contribution is 5.75. The van der Waals surface area contributed by atoms with Crippen molar-refractivity contribution in [3.8, 4) is 0 Å². The van der Waals surface area contributed by atoms with Gasteiger partial charge in [0.05, 0.1) is 24.0 Å². The lowest BCUT2D eigenvalue weighted by molar-refractivity contribution is 0.385. The Morgan fingerprint density at radius 2 is 2.40 bits per heavy atom. The summed E-state index contributed by atoms with van der Waals surface area (Å²) in [6.07, 6.45) is 1.78. The Balaban J connectivity index is 2.11. The summed E-state index contributed by atoms with van der Waals surface area (Å²) >= 11 is 0. The molecule has 0 bridgehead atoms. The lowest BCUT2D eigenvalue weighted by Crippen LogP contribution is -2.26. The molecule has 1 aromatic carbocycles. The normalized spacial score (nSPS) is 19.6. The van der Waals surface area contributed by atoms with Gasteiger partial charge in [0.15, 0.2) is 0 Å². The second kappa shape index (κ2) is 3.76. The minimum Gasteiger partial charge on any atom is -0.397 e. The molecule has 0 amide bonds. The summed E-state index contributed by atoms with van der Waals surface area (Å²) in [6.45, 7) is 0.760. The zero-order chi connectivity index (χ0) is 10.8. The number of nitrogens with two attached hydrogens (primary N) is 1. The van der Waals surface area contributed by atoms with E-state index in [9.17, 15) is 4.39 Å². The van der Waals surface area contributed by atoms with Crippen LogP contribution in [0.3, 0.4) is 0 Å². The lowest BCUT2D eigenvalue weighted by atomic mass is 10.2. The van der Waals surface area contributed by atoms with E-state index in [1.807, 2.05) is 12.1 Å². The van der Waals surface area contributed by atoms with Crippen molar-refractivity contribution in [2.24, 2.45) is 5.10 Å². The molecule has 80 valence electrons. The van der Waals surface area contributed by atoms with Gasteiger partial charge < -0.3 is 11.1 Å². The zero-order valence-corrected chi connectivity index (χ0v) is 8.44. The minimum atomic E-state index is -0.296. The molecule has 0 saturated heterocycles. The third kappa shape index (κ3) is 2.18. The van der Waals surface area contributed by atoms with Crippen molar-refractivity contribution in [3.05, 3.63) is 24.0 Å². The molecule has 3 N–H and O–H groups in total. The van der Waals surface area contributed by atoms with Crippen LogP contribution >= 0.6 is 0 Å². The second-order valence-corrected chi connectivity index (χ2v) is 3.59. The third-order valence-corrected chi connectivity index (χ3v) is 2.26. The Morgan fingerprint density at radius 1 is 1.60 bits per heavy atom. The first kappa shape index (κ1) is 9.76. The van der Waals surface area contributed by atoms with E-state index in [0.29, 0.717) is 11.4 Å². The molecule has 1 aromatic rings. The van der Waals surface area contributed by atoms with Gasteiger partial charge in [0.1, 0.15) is 5.82 Å². The lowest BCUT2D eigenvalue weighted by Gasteiger charge is -2.14. The molecule has 5 heteroatoms. The number of benzene rings is 1. The molecule has 0 saturated carbocycles. The fourth-order valence-corrected chi connectivity index (χ4v) is 1.51. The highest BCUT2D eigenvalue weighted by Gasteiger charge is 2.15. The van der Waals surface area contributed by atoms with Gasteiger partial charge in [-0.1, -0.05) is 0 Å². The summed E-state index contributed by atoms with van der Waals surface area (Å²) < 4.78 is 13.0. The first-order valence-electron chi connectivity index (χ1n) is 4.72. The largest absolute Gasteiger partial charge is 0.397 e. The molecule has 0 aromatic heterocycles. The molecule has 0 radical (unpaired) electrons. The summed E-state index contributed by atoms with van der Waals surface area (Å²) in [5.74, 6) is -0.296. The van der Waals surface area contributed by atoms with Crippen molar-refractivity contribution in [1.29, 1.82) is 0 Å². The van der Waals surface area contributed by atoms with E-state index in [0.717, 1.165) is 6.54 Å². The number of rotatable bonds is 2. The molecule has 15 heavy (non-hydrogen) atoms. The molecule has 1 heterocycles. The first-order valence-corrected chi connectivity index (χ1v) is 4.72. The topological polar surface area (TPSA) is 53.6 Å². The van der Waals surface area contributed by atoms with Gasteiger partial charge in [0, 0.05) is 13.3 Å². The molecule has 0 aliphatic carbocycles. The van der Waals surface area contributed by atoms with Crippen LogP contribution in [0.1, 0.15) is 0 Å². The molecule has 0 spiro atoms. The molecule has 1 atom stereocenters. The highest BCUT2D eigenvalue weighted by Crippen LogP contribution is 2.20. The van der Waals surface area contributed by atoms with Gasteiger partial charge in [-0.05, 0) is 18.2 Å². The van der Waals surface area contributed by atoms with Crippen molar-refractivity contribution >= 4 is 17.6 Å². The van der Waals surface area contributed by atoms with Crippen molar-refractivity contribution in [2.75, 3.05) is 24.6 Å². The third-order valence-electron chi connectivity index (χ3n) is 2.26. The summed E-state index contributed by atoms with van der Waals surface area (Å²) in [5, 5.41) is 9.01. The Kier molecular flexibility index (Phi) is 2.45. The maximum absolute atomic E-state index is 13.0. The summed E-state index contributed by atoms with van der Waals surface area (Å²) in [5.41, 5.74) is 6.87. The number of nitrogens with one attached hydrogen (secondary N) is 1. The van der Waals surface area contributed by atoms with Crippen LogP contribution in [-0.4, -0.2) is 30.9 Å². The van der Waals surface area contributed by atoms with Gasteiger partial charge in [-0.2, -0.15) is 5.10 Å². The average Bonchev–Trinajstić information content (AvgIpc) is 2.58. The van der Waals surface area contributed by atoms with Crippen LogP contribution in [0.15, 0.2) is 23.3 Å².